The van der Waals surface area contributed by atoms with Crippen LogP contribution >= 0.6 is 22.9 Å². The minimum absolute atomic E-state index is 0.0118. The third-order valence-electron chi connectivity index (χ3n) is 3.07. The van der Waals surface area contributed by atoms with Gasteiger partial charge < -0.3 is 5.73 Å². The molecule has 1 unspecified atom stereocenters. The Labute approximate surface area is 133 Å². The molecule has 0 fully saturated rings. The van der Waals surface area contributed by atoms with E-state index in [4.69, 9.17) is 17.3 Å². The second-order valence-corrected chi connectivity index (χ2v) is 7.61. The maximum absolute atomic E-state index is 12.5. The molecule has 0 amide bonds. The van der Waals surface area contributed by atoms with Gasteiger partial charge in [-0.15, -0.1) is 11.3 Å². The number of thiazole rings is 1. The van der Waals surface area contributed by atoms with E-state index in [2.05, 4.69) is 9.71 Å². The highest BCUT2D eigenvalue weighted by molar-refractivity contribution is 7.89. The number of halogens is 1. The summed E-state index contributed by atoms with van der Waals surface area (Å²) in [5.41, 5.74) is 6.92. The lowest BCUT2D eigenvalue weighted by Crippen LogP contribution is -2.28. The number of anilines is 1. The first-order valence-corrected chi connectivity index (χ1v) is 9.06. The second-order valence-electron chi connectivity index (χ2n) is 4.59. The van der Waals surface area contributed by atoms with E-state index in [1.54, 1.807) is 19.2 Å². The summed E-state index contributed by atoms with van der Waals surface area (Å²) in [5, 5.41) is 2.68. The average molecular weight is 346 g/mol. The molecule has 0 aliphatic rings. The average Bonchev–Trinajstić information content (AvgIpc) is 2.94. The standard InChI is InChI=1S/C13H16ClN3O2S2/c1-3-11(13-16-4-5-20-13)17-21(18,19)12-7-10(15)8(2)6-9(12)14/h4-7,11,17H,3,15H2,1-2H3. The lowest BCUT2D eigenvalue weighted by atomic mass is 10.2. The van der Waals surface area contributed by atoms with Gasteiger partial charge in [0.15, 0.2) is 0 Å². The third-order valence-corrected chi connectivity index (χ3v) is 5.89. The zero-order chi connectivity index (χ0) is 15.6. The Morgan fingerprint density at radius 1 is 1.48 bits per heavy atom. The molecule has 114 valence electrons. The molecule has 1 aromatic heterocycles. The summed E-state index contributed by atoms with van der Waals surface area (Å²) in [6.07, 6.45) is 2.24. The van der Waals surface area contributed by atoms with Crippen molar-refractivity contribution in [3.63, 3.8) is 0 Å². The van der Waals surface area contributed by atoms with Crippen molar-refractivity contribution in [3.05, 3.63) is 39.3 Å². The van der Waals surface area contributed by atoms with Gasteiger partial charge in [0, 0.05) is 17.3 Å². The highest BCUT2D eigenvalue weighted by Gasteiger charge is 2.24. The first-order valence-electron chi connectivity index (χ1n) is 6.32. The van der Waals surface area contributed by atoms with Crippen LogP contribution in [-0.4, -0.2) is 13.4 Å². The monoisotopic (exact) mass is 345 g/mol. The van der Waals surface area contributed by atoms with Crippen LogP contribution in [0.1, 0.15) is 30.0 Å². The molecule has 0 aliphatic heterocycles. The first-order chi connectivity index (χ1) is 9.85. The van der Waals surface area contributed by atoms with E-state index in [1.165, 1.54) is 17.4 Å². The van der Waals surface area contributed by atoms with Crippen molar-refractivity contribution < 1.29 is 8.42 Å². The van der Waals surface area contributed by atoms with Crippen molar-refractivity contribution in [2.75, 3.05) is 5.73 Å². The summed E-state index contributed by atoms with van der Waals surface area (Å²) < 4.78 is 27.6. The highest BCUT2D eigenvalue weighted by Crippen LogP contribution is 2.29. The number of nitrogens with one attached hydrogen (secondary N) is 1. The molecule has 8 heteroatoms. The Morgan fingerprint density at radius 3 is 2.76 bits per heavy atom. The third kappa shape index (κ3) is 3.55. The Hall–Kier alpha value is -1.15. The normalized spacial score (nSPS) is 13.3. The number of aryl methyl sites for hydroxylation is 1. The van der Waals surface area contributed by atoms with Crippen LogP contribution in [0.4, 0.5) is 5.69 Å². The van der Waals surface area contributed by atoms with Crippen LogP contribution in [0.25, 0.3) is 0 Å². The van der Waals surface area contributed by atoms with Crippen LogP contribution in [-0.2, 0) is 10.0 Å². The second kappa shape index (κ2) is 6.31. The number of nitrogens with two attached hydrogens (primary N) is 1. The summed E-state index contributed by atoms with van der Waals surface area (Å²) in [6.45, 7) is 3.66. The molecule has 1 atom stereocenters. The van der Waals surface area contributed by atoms with Crippen molar-refractivity contribution in [1.82, 2.24) is 9.71 Å². The number of hydrogen-bond donors (Lipinski definition) is 2. The maximum atomic E-state index is 12.5. The van der Waals surface area contributed by atoms with Crippen LogP contribution in [0.2, 0.25) is 5.02 Å². The van der Waals surface area contributed by atoms with Crippen molar-refractivity contribution >= 4 is 38.6 Å². The predicted octanol–water partition coefficient (Wildman–Crippen LogP) is 3.12. The van der Waals surface area contributed by atoms with Gasteiger partial charge in [-0.2, -0.15) is 0 Å². The molecule has 0 saturated heterocycles. The number of nitrogens with zero attached hydrogens (tertiary/aromatic N) is 1. The topological polar surface area (TPSA) is 85.1 Å². The van der Waals surface area contributed by atoms with Crippen LogP contribution < -0.4 is 10.5 Å². The maximum Gasteiger partial charge on any atom is 0.242 e. The molecule has 3 N–H and O–H groups in total. The van der Waals surface area contributed by atoms with Crippen LogP contribution in [0, 0.1) is 6.92 Å². The summed E-state index contributed by atoms with van der Waals surface area (Å²) >= 11 is 7.46. The molecule has 2 aromatic rings. The van der Waals surface area contributed by atoms with E-state index in [0.29, 0.717) is 12.1 Å². The van der Waals surface area contributed by atoms with Gasteiger partial charge in [0.2, 0.25) is 10.0 Å². The summed E-state index contributed by atoms with van der Waals surface area (Å²) in [6, 6.07) is 2.55. The number of benzene rings is 1. The van der Waals surface area contributed by atoms with Gasteiger partial charge in [0.05, 0.1) is 11.1 Å². The lowest BCUT2D eigenvalue weighted by molar-refractivity contribution is 0.549. The number of nitrogen functional groups attached to an aromatic ring is 1. The van der Waals surface area contributed by atoms with E-state index in [1.807, 2.05) is 12.3 Å². The van der Waals surface area contributed by atoms with E-state index < -0.39 is 10.0 Å². The Balaban J connectivity index is 2.36. The molecule has 0 spiro atoms. The molecule has 1 heterocycles. The zero-order valence-electron chi connectivity index (χ0n) is 11.6. The zero-order valence-corrected chi connectivity index (χ0v) is 14.0. The molecule has 0 bridgehead atoms. The van der Waals surface area contributed by atoms with Gasteiger partial charge in [0.25, 0.3) is 0 Å². The van der Waals surface area contributed by atoms with Crippen molar-refractivity contribution in [2.24, 2.45) is 0 Å². The smallest absolute Gasteiger partial charge is 0.242 e. The molecule has 0 radical (unpaired) electrons. The largest absolute Gasteiger partial charge is 0.398 e. The fourth-order valence-electron chi connectivity index (χ4n) is 1.84. The predicted molar refractivity (Wildman–Crippen MR) is 86.1 cm³/mol. The van der Waals surface area contributed by atoms with Crippen molar-refractivity contribution in [3.8, 4) is 0 Å². The van der Waals surface area contributed by atoms with E-state index >= 15 is 0 Å². The fraction of sp³-hybridized carbons (Fsp3) is 0.308. The number of sulfonamides is 1. The molecule has 1 aromatic carbocycles. The number of hydrogen-bond acceptors (Lipinski definition) is 5. The van der Waals surface area contributed by atoms with Gasteiger partial charge in [-0.1, -0.05) is 18.5 Å². The first kappa shape index (κ1) is 16.2. The molecule has 0 saturated carbocycles. The Bertz CT molecular complexity index is 730. The minimum Gasteiger partial charge on any atom is -0.398 e. The van der Waals surface area contributed by atoms with E-state index in [9.17, 15) is 8.42 Å². The molecule has 0 aliphatic carbocycles. The quantitative estimate of drug-likeness (QED) is 0.815. The summed E-state index contributed by atoms with van der Waals surface area (Å²) in [5.74, 6) is 0. The molecule has 5 nitrogen and oxygen atoms in total. The summed E-state index contributed by atoms with van der Waals surface area (Å²) in [4.78, 5) is 4.14. The highest BCUT2D eigenvalue weighted by atomic mass is 35.5. The fourth-order valence-corrected chi connectivity index (χ4v) is 4.59. The Kier molecular flexibility index (Phi) is 4.88. The van der Waals surface area contributed by atoms with Gasteiger partial charge >= 0.3 is 0 Å². The number of aromatic nitrogens is 1. The van der Waals surface area contributed by atoms with Gasteiger partial charge in [-0.05, 0) is 31.0 Å². The van der Waals surface area contributed by atoms with Gasteiger partial charge in [0.1, 0.15) is 9.90 Å². The van der Waals surface area contributed by atoms with Crippen molar-refractivity contribution in [1.29, 1.82) is 0 Å². The van der Waals surface area contributed by atoms with Crippen molar-refractivity contribution in [2.45, 2.75) is 31.2 Å². The molecular weight excluding hydrogens is 330 g/mol. The SMILES string of the molecule is CCC(NS(=O)(=O)c1cc(N)c(C)cc1Cl)c1nccs1. The summed E-state index contributed by atoms with van der Waals surface area (Å²) in [7, 11) is -3.76. The minimum atomic E-state index is -3.76. The van der Waals surface area contributed by atoms with Gasteiger partial charge in [-0.3, -0.25) is 0 Å². The van der Waals surface area contributed by atoms with Crippen LogP contribution in [0.5, 0.6) is 0 Å². The molecule has 2 rings (SSSR count). The lowest BCUT2D eigenvalue weighted by Gasteiger charge is -2.16. The molecular formula is C13H16ClN3O2S2. The van der Waals surface area contributed by atoms with Crippen LogP contribution in [0.3, 0.4) is 0 Å². The molecule has 21 heavy (non-hydrogen) atoms. The Morgan fingerprint density at radius 2 is 2.19 bits per heavy atom. The van der Waals surface area contributed by atoms with E-state index in [0.717, 1.165) is 10.6 Å². The van der Waals surface area contributed by atoms with Gasteiger partial charge in [-0.25, -0.2) is 18.1 Å². The van der Waals surface area contributed by atoms with E-state index in [-0.39, 0.29) is 16.0 Å². The van der Waals surface area contributed by atoms with Crippen LogP contribution in [0.15, 0.2) is 28.6 Å². The number of rotatable bonds is 5.